The summed E-state index contributed by atoms with van der Waals surface area (Å²) >= 11 is 9.22. The van der Waals surface area contributed by atoms with E-state index in [9.17, 15) is 14.3 Å². The van der Waals surface area contributed by atoms with Crippen molar-refractivity contribution in [1.29, 1.82) is 0 Å². The number of nitrogens with one attached hydrogen (secondary N) is 1. The molecule has 2 aliphatic heterocycles. The zero-order valence-electron chi connectivity index (χ0n) is 21.6. The van der Waals surface area contributed by atoms with Gasteiger partial charge in [-0.3, -0.25) is 23.4 Å². The summed E-state index contributed by atoms with van der Waals surface area (Å²) in [6, 6.07) is 0. The van der Waals surface area contributed by atoms with E-state index in [0.717, 1.165) is 0 Å². The van der Waals surface area contributed by atoms with Crippen molar-refractivity contribution in [3.8, 4) is 0 Å². The minimum Gasteiger partial charge on any atom is -0.369 e. The van der Waals surface area contributed by atoms with Crippen LogP contribution in [0.25, 0.3) is 22.3 Å². The van der Waals surface area contributed by atoms with Crippen LogP contribution in [0, 0.1) is 5.92 Å². The summed E-state index contributed by atoms with van der Waals surface area (Å²) in [4.78, 5) is 46.1. The molecule has 226 valence electrons. The van der Waals surface area contributed by atoms with Crippen LogP contribution >= 0.6 is 25.8 Å². The van der Waals surface area contributed by atoms with Crippen LogP contribution in [0.4, 0.5) is 10.3 Å². The molecule has 42 heavy (non-hydrogen) atoms. The van der Waals surface area contributed by atoms with Crippen LogP contribution in [0.2, 0.25) is 0 Å². The molecule has 0 radical (unpaired) electrons. The van der Waals surface area contributed by atoms with Gasteiger partial charge in [0.05, 0.1) is 25.7 Å². The number of rotatable bonds is 1. The Kier molecular flexibility index (Phi) is 7.97. The number of fused-ring (bicyclic) bond motifs is 6. The summed E-state index contributed by atoms with van der Waals surface area (Å²) in [5.41, 5.74) is 5.81. The van der Waals surface area contributed by atoms with Gasteiger partial charge in [-0.25, -0.2) is 28.9 Å². The van der Waals surface area contributed by atoms with Crippen molar-refractivity contribution >= 4 is 65.8 Å². The van der Waals surface area contributed by atoms with E-state index < -0.39 is 50.3 Å². The first kappa shape index (κ1) is 29.7. The first-order valence-corrected chi connectivity index (χ1v) is 17.6. The summed E-state index contributed by atoms with van der Waals surface area (Å²) in [5, 5.41) is 0. The number of H-pyrrole nitrogens is 1. The highest BCUT2D eigenvalue weighted by atomic mass is 32.7. The van der Waals surface area contributed by atoms with Crippen molar-refractivity contribution in [3.63, 3.8) is 0 Å². The van der Waals surface area contributed by atoms with Gasteiger partial charge in [0.25, 0.3) is 5.56 Å². The van der Waals surface area contributed by atoms with Crippen molar-refractivity contribution in [3.05, 3.63) is 35.0 Å². The number of halogens is 1. The number of hydrogen-bond acceptors (Lipinski definition) is 14. The van der Waals surface area contributed by atoms with Gasteiger partial charge in [0.15, 0.2) is 29.2 Å². The van der Waals surface area contributed by atoms with Crippen molar-refractivity contribution in [2.45, 2.75) is 44.7 Å². The molecule has 22 heteroatoms. The molecule has 4 aromatic rings. The van der Waals surface area contributed by atoms with Crippen molar-refractivity contribution in [1.82, 2.24) is 39.0 Å². The predicted octanol–water partition coefficient (Wildman–Crippen LogP) is 1.62. The van der Waals surface area contributed by atoms with Gasteiger partial charge in [0, 0.05) is 6.54 Å². The molecular weight excluding hydrogens is 639 g/mol. The zero-order valence-corrected chi connectivity index (χ0v) is 25.1. The predicted molar refractivity (Wildman–Crippen MR) is 151 cm³/mol. The fourth-order valence-corrected chi connectivity index (χ4v) is 7.22. The van der Waals surface area contributed by atoms with E-state index in [2.05, 4.69) is 42.2 Å². The lowest BCUT2D eigenvalue weighted by atomic mass is 10.1. The quantitative estimate of drug-likeness (QED) is 0.168. The smallest absolute Gasteiger partial charge is 0.369 e. The summed E-state index contributed by atoms with van der Waals surface area (Å²) in [5.74, 6) is -0.172. The third-order valence-electron chi connectivity index (χ3n) is 6.51. The molecule has 0 aromatic carbocycles. The maximum atomic E-state index is 15.9. The van der Waals surface area contributed by atoms with E-state index in [4.69, 9.17) is 40.4 Å². The van der Waals surface area contributed by atoms with Gasteiger partial charge in [-0.05, 0) is 17.7 Å². The zero-order chi connectivity index (χ0) is 29.8. The molecule has 1 saturated heterocycles. The molecule has 0 aliphatic carbocycles. The molecule has 6 rings (SSSR count). The highest BCUT2D eigenvalue weighted by Crippen LogP contribution is 2.57. The lowest BCUT2D eigenvalue weighted by molar-refractivity contribution is -0.0452. The van der Waals surface area contributed by atoms with Crippen LogP contribution in [-0.4, -0.2) is 75.5 Å². The minimum absolute atomic E-state index is 0.0223. The maximum absolute atomic E-state index is 15.9. The highest BCUT2D eigenvalue weighted by molar-refractivity contribution is 8.44. The van der Waals surface area contributed by atoms with Crippen molar-refractivity contribution < 1.29 is 36.7 Å². The number of aromatic amines is 1. The van der Waals surface area contributed by atoms with Gasteiger partial charge in [0.1, 0.15) is 36.5 Å². The third-order valence-corrected chi connectivity index (χ3v) is 9.69. The van der Waals surface area contributed by atoms with Gasteiger partial charge in [-0.1, -0.05) is 19.2 Å². The molecule has 17 nitrogen and oxygen atoms in total. The molecule has 2 aliphatic rings. The minimum atomic E-state index is -4.31. The second kappa shape index (κ2) is 11.3. The van der Waals surface area contributed by atoms with Crippen LogP contribution in [0.5, 0.6) is 0 Å². The monoisotopic (exact) mass is 663 g/mol. The molecule has 0 amide bonds. The molecule has 4 N–H and O–H groups in total. The number of nitrogens with zero attached hydrogens (tertiary/aromatic N) is 7. The number of nitrogens with two attached hydrogens (primary N) is 1. The topological polar surface area (TPSA) is 217 Å². The Morgan fingerprint density at radius 2 is 2.02 bits per heavy atom. The third kappa shape index (κ3) is 5.88. The van der Waals surface area contributed by atoms with Crippen molar-refractivity contribution in [2.24, 2.45) is 5.92 Å². The Bertz CT molecular complexity index is 1810. The van der Waals surface area contributed by atoms with Gasteiger partial charge >= 0.3 is 13.5 Å². The number of hydrogen-bond donors (Lipinski definition) is 4. The van der Waals surface area contributed by atoms with E-state index in [1.54, 1.807) is 4.57 Å². The van der Waals surface area contributed by atoms with Crippen LogP contribution in [-0.2, 0) is 52.4 Å². The number of imidazole rings is 2. The van der Waals surface area contributed by atoms with Crippen LogP contribution in [0.15, 0.2) is 23.6 Å². The Labute approximate surface area is 245 Å². The molecule has 2 bridgehead atoms. The molecular formula is C20H24FN9O8P2S2. The Balaban J connectivity index is 1.38. The first-order chi connectivity index (χ1) is 19.9. The van der Waals surface area contributed by atoms with Crippen LogP contribution in [0.1, 0.15) is 19.0 Å². The van der Waals surface area contributed by atoms with Gasteiger partial charge in [-0.15, -0.1) is 0 Å². The number of ether oxygens (including phenoxy) is 1. The standard InChI is InChI=1S/C20H24FN9O8P2S2/c1-9-3-29-12(26-10-2-23-7-24-16(10)29)6-36-40(33,42)38-15-13(21)11(5-35-39(32,41)34-4-9)37-19(15)30-8-25-14-17(30)27-20(22)28-18(14)31/h2,7-9,11,13,15,19H,3-6H2,1H3,(H,32,41)(H,33,42)(H3,22,27,28,31)/t9-,11-,13-,15-,19-,39?,40?/m1/s1. The van der Waals surface area contributed by atoms with Gasteiger partial charge in [-0.2, -0.15) is 4.98 Å². The molecule has 7 atom stereocenters. The maximum Gasteiger partial charge on any atom is 0.387 e. The number of alkyl halides is 1. The van der Waals surface area contributed by atoms with E-state index in [-0.39, 0.29) is 36.2 Å². The normalized spacial score (nSPS) is 33.2. The summed E-state index contributed by atoms with van der Waals surface area (Å²) in [7, 11) is 0. The molecule has 0 saturated carbocycles. The van der Waals surface area contributed by atoms with Crippen molar-refractivity contribution in [2.75, 3.05) is 18.9 Å². The first-order valence-electron chi connectivity index (χ1n) is 12.4. The van der Waals surface area contributed by atoms with Gasteiger partial charge < -0.3 is 29.0 Å². The Morgan fingerprint density at radius 3 is 2.83 bits per heavy atom. The second-order valence-electron chi connectivity index (χ2n) is 9.63. The Hall–Kier alpha value is -2.38. The summed E-state index contributed by atoms with van der Waals surface area (Å²) < 4.78 is 60.3. The fourth-order valence-electron chi connectivity index (χ4n) is 4.64. The van der Waals surface area contributed by atoms with Crippen LogP contribution in [0.3, 0.4) is 0 Å². The fraction of sp³-hybridized carbons (Fsp3) is 0.500. The lowest BCUT2D eigenvalue weighted by Crippen LogP contribution is -2.32. The molecule has 6 heterocycles. The number of aromatic nitrogens is 8. The van der Waals surface area contributed by atoms with E-state index in [0.29, 0.717) is 23.5 Å². The molecule has 4 aromatic heterocycles. The molecule has 0 spiro atoms. The number of thiol groups is 1. The number of anilines is 1. The van der Waals surface area contributed by atoms with E-state index in [1.807, 2.05) is 6.92 Å². The van der Waals surface area contributed by atoms with Gasteiger partial charge in [0.2, 0.25) is 5.95 Å². The molecule has 2 unspecified atom stereocenters. The number of nitrogen functional groups attached to an aromatic ring is 1. The summed E-state index contributed by atoms with van der Waals surface area (Å²) in [6.45, 7) is -6.96. The molecule has 1 fully saturated rings. The average Bonchev–Trinajstić information content (AvgIpc) is 3.59. The second-order valence-corrected chi connectivity index (χ2v) is 15.3. The SMILES string of the molecule is C[C@H]1COP(O)(=S)OC[C@H]2O[C@@H](n3cnc4c(=O)[nH]c(N)nc43)[C@H](OP(=O)(S)OCc3nc4cncnc4n3C1)[C@@H]2F. The van der Waals surface area contributed by atoms with Crippen LogP contribution < -0.4 is 11.3 Å². The summed E-state index contributed by atoms with van der Waals surface area (Å²) in [6.07, 6.45) is -2.43. The lowest BCUT2D eigenvalue weighted by Gasteiger charge is -2.24. The Morgan fingerprint density at radius 1 is 1.24 bits per heavy atom. The average molecular weight is 664 g/mol. The largest absolute Gasteiger partial charge is 0.387 e. The van der Waals surface area contributed by atoms with E-state index >= 15 is 4.39 Å². The van der Waals surface area contributed by atoms with E-state index in [1.165, 1.54) is 23.4 Å². The highest BCUT2D eigenvalue weighted by Gasteiger charge is 2.51.